The molecule has 6 rings (SSSR count). The lowest BCUT2D eigenvalue weighted by atomic mass is 9.95. The van der Waals surface area contributed by atoms with Gasteiger partial charge in [0.15, 0.2) is 37.7 Å². The van der Waals surface area contributed by atoms with Crippen molar-refractivity contribution in [2.75, 3.05) is 53.9 Å². The number of rotatable bonds is 18. The van der Waals surface area contributed by atoms with E-state index in [0.29, 0.717) is 0 Å². The normalized spacial score (nSPS) is 52.2. The summed E-state index contributed by atoms with van der Waals surface area (Å²) in [7, 11) is 2.33. The number of ether oxygens (including phenoxy) is 13. The monoisotopic (exact) mass is 1020 g/mol. The van der Waals surface area contributed by atoms with Gasteiger partial charge in [0.25, 0.3) is 0 Å². The molecule has 6 saturated heterocycles. The molecule has 0 amide bonds. The van der Waals surface area contributed by atoms with Crippen molar-refractivity contribution in [3.05, 3.63) is 0 Å². The summed E-state index contributed by atoms with van der Waals surface area (Å²) in [5, 5.41) is 192. The molecule has 0 aromatic carbocycles. The van der Waals surface area contributed by atoms with Crippen LogP contribution in [0.4, 0.5) is 0 Å². The van der Waals surface area contributed by atoms with Gasteiger partial charge in [-0.1, -0.05) is 0 Å². The Kier molecular flexibility index (Phi) is 20.6. The molecule has 18 N–H and O–H groups in total. The Hall–Kier alpha value is -1.24. The Labute approximate surface area is 391 Å². The summed E-state index contributed by atoms with van der Waals surface area (Å²) >= 11 is 0. The molecule has 6 aliphatic rings. The number of aliphatic hydroxyl groups is 18. The molecule has 404 valence electrons. The largest absolute Gasteiger partial charge is 0.394 e. The van der Waals surface area contributed by atoms with Crippen molar-refractivity contribution < 1.29 is 153 Å². The molecule has 0 saturated carbocycles. The zero-order valence-electron chi connectivity index (χ0n) is 36.9. The molecule has 0 spiro atoms. The summed E-state index contributed by atoms with van der Waals surface area (Å²) in [6.45, 7) is -5.23. The maximum Gasteiger partial charge on any atom is 0.187 e. The van der Waals surface area contributed by atoms with E-state index in [0.717, 1.165) is 7.11 Å². The minimum Gasteiger partial charge on any atom is -0.394 e. The minimum absolute atomic E-state index is 0.700. The molecule has 30 atom stereocenters. The molecule has 6 heterocycles. The van der Waals surface area contributed by atoms with Crippen molar-refractivity contribution in [2.45, 2.75) is 184 Å². The molecule has 0 aliphatic carbocycles. The van der Waals surface area contributed by atoms with Crippen molar-refractivity contribution in [3.63, 3.8) is 0 Å². The molecule has 69 heavy (non-hydrogen) atoms. The van der Waals surface area contributed by atoms with Crippen molar-refractivity contribution in [2.24, 2.45) is 0 Å². The van der Waals surface area contributed by atoms with Gasteiger partial charge in [-0.3, -0.25) is 0 Å². The predicted octanol–water partition coefficient (Wildman–Crippen LogP) is -12.8. The maximum atomic E-state index is 11.5. The fourth-order valence-corrected chi connectivity index (χ4v) is 8.87. The van der Waals surface area contributed by atoms with Gasteiger partial charge in [-0.2, -0.15) is 0 Å². The molecule has 6 aliphatic heterocycles. The van der Waals surface area contributed by atoms with Crippen LogP contribution >= 0.6 is 0 Å². The van der Waals surface area contributed by atoms with Gasteiger partial charge in [-0.15, -0.1) is 0 Å². The van der Waals surface area contributed by atoms with Crippen molar-refractivity contribution in [1.29, 1.82) is 0 Å². The third kappa shape index (κ3) is 11.8. The standard InChI is InChI=1S/C38H66O31/c1-57-28-10(4-40)62-35(24(53)17(28)46)66-30-12(6-42)63-36(25(54)19(30)48)67-31-13(7-43)64-37(26(55)20(31)49)69-32-14(8-59-34-22(51)16(45)15(44)9(3-39)60-34)65-38(27(56)21(32)50)68-29-11(5-41)61-33(58-2)23(52)18(29)47/h9-56H,3-8H2,1-2H3/t9-,10?,11?,12-,13?,14-,15-,16?,17-,18?,19?,20?,21?,22?,23?,24?,25?,26?,27?,28+,29+,30+,31+,32+,33+,34-,35-,36+,37-,38+/m0/s1. The van der Waals surface area contributed by atoms with E-state index < -0.39 is 224 Å². The summed E-state index contributed by atoms with van der Waals surface area (Å²) in [5.74, 6) is 0. The summed E-state index contributed by atoms with van der Waals surface area (Å²) in [4.78, 5) is 0. The summed E-state index contributed by atoms with van der Waals surface area (Å²) in [6, 6.07) is 0. The summed E-state index contributed by atoms with van der Waals surface area (Å²) in [6.07, 6.45) is -54.3. The topological polar surface area (TPSA) is 484 Å². The number of methoxy groups -OCH3 is 2. The molecule has 0 bridgehead atoms. The van der Waals surface area contributed by atoms with Gasteiger partial charge < -0.3 is 153 Å². The van der Waals surface area contributed by atoms with Crippen molar-refractivity contribution in [1.82, 2.24) is 0 Å². The van der Waals surface area contributed by atoms with E-state index in [1.165, 1.54) is 7.11 Å². The first kappa shape index (κ1) is 57.0. The molecular formula is C38H66O31. The average Bonchev–Trinajstić information content (AvgIpc) is 3.34. The molecular weight excluding hydrogens is 952 g/mol. The fraction of sp³-hybridized carbons (Fsp3) is 1.00. The van der Waals surface area contributed by atoms with Gasteiger partial charge in [-0.25, -0.2) is 0 Å². The van der Waals surface area contributed by atoms with E-state index in [2.05, 4.69) is 0 Å². The van der Waals surface area contributed by atoms with Gasteiger partial charge in [0.2, 0.25) is 0 Å². The quantitative estimate of drug-likeness (QED) is 0.0606. The van der Waals surface area contributed by atoms with E-state index in [1.54, 1.807) is 0 Å². The number of aliphatic hydroxyl groups excluding tert-OH is 18. The number of hydrogen-bond acceptors (Lipinski definition) is 31. The van der Waals surface area contributed by atoms with Gasteiger partial charge in [-0.05, 0) is 0 Å². The van der Waals surface area contributed by atoms with Gasteiger partial charge >= 0.3 is 0 Å². The minimum atomic E-state index is -2.22. The first-order chi connectivity index (χ1) is 32.8. The van der Waals surface area contributed by atoms with E-state index in [-0.39, 0.29) is 0 Å². The highest BCUT2D eigenvalue weighted by Gasteiger charge is 2.57. The van der Waals surface area contributed by atoms with E-state index in [4.69, 9.17) is 61.6 Å². The van der Waals surface area contributed by atoms with Gasteiger partial charge in [0.1, 0.15) is 146 Å². The zero-order valence-corrected chi connectivity index (χ0v) is 36.9. The fourth-order valence-electron chi connectivity index (χ4n) is 8.87. The summed E-state index contributed by atoms with van der Waals surface area (Å²) < 4.78 is 72.2. The molecule has 14 unspecified atom stereocenters. The van der Waals surface area contributed by atoms with E-state index >= 15 is 0 Å². The third-order valence-corrected chi connectivity index (χ3v) is 12.9. The summed E-state index contributed by atoms with van der Waals surface area (Å²) in [5.41, 5.74) is 0. The van der Waals surface area contributed by atoms with Crippen LogP contribution in [0.2, 0.25) is 0 Å². The molecule has 0 aromatic rings. The lowest BCUT2D eigenvalue weighted by Gasteiger charge is -2.50. The van der Waals surface area contributed by atoms with E-state index in [9.17, 15) is 91.9 Å². The molecule has 0 radical (unpaired) electrons. The van der Waals surface area contributed by atoms with Crippen molar-refractivity contribution >= 4 is 0 Å². The Morgan fingerprint density at radius 3 is 0.899 bits per heavy atom. The van der Waals surface area contributed by atoms with Gasteiger partial charge in [0.05, 0.1) is 39.6 Å². The third-order valence-electron chi connectivity index (χ3n) is 12.9. The Bertz CT molecular complexity index is 1530. The maximum absolute atomic E-state index is 11.5. The highest BCUT2D eigenvalue weighted by Crippen LogP contribution is 2.36. The van der Waals surface area contributed by atoms with Gasteiger partial charge in [0, 0.05) is 14.2 Å². The number of hydrogen-bond donors (Lipinski definition) is 18. The van der Waals surface area contributed by atoms with Crippen LogP contribution in [0.1, 0.15) is 0 Å². The lowest BCUT2D eigenvalue weighted by molar-refractivity contribution is -0.395. The molecule has 31 heteroatoms. The van der Waals surface area contributed by atoms with E-state index in [1.807, 2.05) is 0 Å². The molecule has 6 fully saturated rings. The second-order valence-electron chi connectivity index (χ2n) is 17.2. The second-order valence-corrected chi connectivity index (χ2v) is 17.2. The van der Waals surface area contributed by atoms with Crippen LogP contribution in [-0.2, 0) is 61.6 Å². The Balaban J connectivity index is 1.17. The van der Waals surface area contributed by atoms with Crippen LogP contribution < -0.4 is 0 Å². The molecule has 31 nitrogen and oxygen atoms in total. The lowest BCUT2D eigenvalue weighted by Crippen LogP contribution is -2.68. The first-order valence-electron chi connectivity index (χ1n) is 21.9. The van der Waals surface area contributed by atoms with Crippen LogP contribution in [0.25, 0.3) is 0 Å². The molecule has 0 aromatic heterocycles. The highest BCUT2D eigenvalue weighted by molar-refractivity contribution is 4.99. The van der Waals surface area contributed by atoms with Crippen molar-refractivity contribution in [3.8, 4) is 0 Å². The zero-order chi connectivity index (χ0) is 50.8. The van der Waals surface area contributed by atoms with Crippen LogP contribution in [-0.4, -0.2) is 330 Å². The van der Waals surface area contributed by atoms with Crippen LogP contribution in [0.5, 0.6) is 0 Å². The highest BCUT2D eigenvalue weighted by atomic mass is 16.8. The predicted molar refractivity (Wildman–Crippen MR) is 209 cm³/mol. The van der Waals surface area contributed by atoms with Crippen LogP contribution in [0.15, 0.2) is 0 Å². The SMILES string of the molecule is CO[C@@H]1OC(CO)[C@@H](O[C@H]2O[C@@H](CO[C@H]3O[C@@H](CO)[C@H](O)C(O)C3O)[C@@H](O[C@@H]3OC(CO)[C@@H](O[C@H]4O[C@@H](CO)[C@@H](O[C@@H]5OC(CO)[C@@H](OC)[C@@H](O)C5O)C(O)C4O)C(O)C3O)C(O)C2O)C(O)C1O. The Morgan fingerprint density at radius 2 is 0.551 bits per heavy atom. The smallest absolute Gasteiger partial charge is 0.187 e. The average molecular weight is 1020 g/mol. The second kappa shape index (κ2) is 24.9. The Morgan fingerprint density at radius 1 is 0.275 bits per heavy atom. The van der Waals surface area contributed by atoms with Crippen LogP contribution in [0.3, 0.4) is 0 Å². The van der Waals surface area contributed by atoms with Crippen LogP contribution in [0, 0.1) is 0 Å². The first-order valence-corrected chi connectivity index (χ1v) is 21.9.